The van der Waals surface area contributed by atoms with Crippen LogP contribution in [0.2, 0.25) is 0 Å². The minimum absolute atomic E-state index is 0.0227. The minimum Gasteiger partial charge on any atom is -0.340 e. The number of carbonyl (C=O) groups excluding carboxylic acids is 2. The zero-order valence-electron chi connectivity index (χ0n) is 13.6. The van der Waals surface area contributed by atoms with E-state index in [9.17, 15) is 9.59 Å². The number of carbonyl (C=O) groups is 2. The molecule has 1 aliphatic heterocycles. The van der Waals surface area contributed by atoms with Crippen LogP contribution in [0.4, 0.5) is 0 Å². The number of hydrogen-bond donors (Lipinski definition) is 1. The van der Waals surface area contributed by atoms with Crippen LogP contribution in [0.5, 0.6) is 0 Å². The van der Waals surface area contributed by atoms with Crippen molar-refractivity contribution in [1.29, 1.82) is 0 Å². The first-order chi connectivity index (χ1) is 9.26. The van der Waals surface area contributed by atoms with Crippen LogP contribution in [0.15, 0.2) is 11.6 Å². The van der Waals surface area contributed by atoms with E-state index < -0.39 is 5.54 Å². The summed E-state index contributed by atoms with van der Waals surface area (Å²) in [6.45, 7) is 12.4. The second-order valence-electron chi connectivity index (χ2n) is 6.24. The van der Waals surface area contributed by atoms with E-state index in [4.69, 9.17) is 0 Å². The van der Waals surface area contributed by atoms with E-state index in [0.29, 0.717) is 13.0 Å². The van der Waals surface area contributed by atoms with Gasteiger partial charge >= 0.3 is 0 Å². The summed E-state index contributed by atoms with van der Waals surface area (Å²) < 4.78 is 0. The summed E-state index contributed by atoms with van der Waals surface area (Å²) in [5, 5.41) is 2.92. The molecule has 2 amide bonds. The number of allylic oxidation sites excluding steroid dienone is 1. The van der Waals surface area contributed by atoms with Crippen molar-refractivity contribution in [3.05, 3.63) is 11.6 Å². The molecular formula is C16H28N2O2. The normalized spacial score (nSPS) is 28.1. The highest BCUT2D eigenvalue weighted by Crippen LogP contribution is 2.26. The summed E-state index contributed by atoms with van der Waals surface area (Å²) in [5.74, 6) is 0.166. The Hall–Kier alpha value is -1.32. The molecule has 0 aromatic carbocycles. The SMILES string of the molecule is CCC(C)C1C(=O)NC(C)(CC)C(=O)N1CC=C(C)C. The van der Waals surface area contributed by atoms with Gasteiger partial charge in [-0.3, -0.25) is 9.59 Å². The zero-order chi connectivity index (χ0) is 15.5. The van der Waals surface area contributed by atoms with Crippen LogP contribution in [-0.2, 0) is 9.59 Å². The standard InChI is InChI=1S/C16H28N2O2/c1-7-12(5)13-14(19)17-16(6,8-2)15(20)18(13)10-9-11(3)4/h9,12-13H,7-8,10H2,1-6H3,(H,17,19). The molecule has 3 unspecified atom stereocenters. The lowest BCUT2D eigenvalue weighted by molar-refractivity contribution is -0.155. The number of rotatable bonds is 5. The van der Waals surface area contributed by atoms with Crippen LogP contribution in [-0.4, -0.2) is 34.8 Å². The highest BCUT2D eigenvalue weighted by molar-refractivity contribution is 5.99. The van der Waals surface area contributed by atoms with Crippen molar-refractivity contribution in [2.45, 2.75) is 66.0 Å². The van der Waals surface area contributed by atoms with Crippen molar-refractivity contribution in [3.8, 4) is 0 Å². The third-order valence-corrected chi connectivity index (χ3v) is 4.32. The Morgan fingerprint density at radius 3 is 2.45 bits per heavy atom. The average Bonchev–Trinajstić information content (AvgIpc) is 2.40. The fourth-order valence-corrected chi connectivity index (χ4v) is 2.49. The maximum absolute atomic E-state index is 12.7. The highest BCUT2D eigenvalue weighted by atomic mass is 16.2. The van der Waals surface area contributed by atoms with Crippen molar-refractivity contribution >= 4 is 11.8 Å². The van der Waals surface area contributed by atoms with Gasteiger partial charge in [0.15, 0.2) is 0 Å². The van der Waals surface area contributed by atoms with Gasteiger partial charge in [-0.2, -0.15) is 0 Å². The lowest BCUT2D eigenvalue weighted by Gasteiger charge is -2.45. The Bertz CT molecular complexity index is 413. The second kappa shape index (κ2) is 6.42. The molecule has 0 bridgehead atoms. The Morgan fingerprint density at radius 1 is 1.40 bits per heavy atom. The molecule has 0 aliphatic carbocycles. The van der Waals surface area contributed by atoms with Crippen molar-refractivity contribution in [2.24, 2.45) is 5.92 Å². The van der Waals surface area contributed by atoms with Crippen LogP contribution < -0.4 is 5.32 Å². The highest BCUT2D eigenvalue weighted by Gasteiger charge is 2.47. The van der Waals surface area contributed by atoms with Gasteiger partial charge in [0.05, 0.1) is 0 Å². The van der Waals surface area contributed by atoms with E-state index in [-0.39, 0.29) is 23.8 Å². The lowest BCUT2D eigenvalue weighted by atomic mass is 9.87. The molecule has 0 saturated carbocycles. The molecule has 3 atom stereocenters. The molecule has 1 aliphatic rings. The summed E-state index contributed by atoms with van der Waals surface area (Å²) in [6, 6.07) is -0.359. The largest absolute Gasteiger partial charge is 0.340 e. The Labute approximate surface area is 122 Å². The first kappa shape index (κ1) is 16.7. The maximum atomic E-state index is 12.7. The van der Waals surface area contributed by atoms with Crippen LogP contribution in [0.1, 0.15) is 54.4 Å². The van der Waals surface area contributed by atoms with E-state index in [0.717, 1.165) is 12.0 Å². The second-order valence-corrected chi connectivity index (χ2v) is 6.24. The van der Waals surface area contributed by atoms with E-state index in [2.05, 4.69) is 12.2 Å². The molecule has 1 saturated heterocycles. The Kier molecular flexibility index (Phi) is 5.37. The molecule has 1 fully saturated rings. The van der Waals surface area contributed by atoms with Gasteiger partial charge in [-0.05, 0) is 33.1 Å². The summed E-state index contributed by atoms with van der Waals surface area (Å²) in [4.78, 5) is 26.9. The third-order valence-electron chi connectivity index (χ3n) is 4.32. The Balaban J connectivity index is 3.13. The first-order valence-corrected chi connectivity index (χ1v) is 7.53. The number of piperazine rings is 1. The van der Waals surface area contributed by atoms with Gasteiger partial charge in [0.2, 0.25) is 11.8 Å². The van der Waals surface area contributed by atoms with Gasteiger partial charge in [0.1, 0.15) is 11.6 Å². The fraction of sp³-hybridized carbons (Fsp3) is 0.750. The molecule has 1 heterocycles. The quantitative estimate of drug-likeness (QED) is 0.787. The summed E-state index contributed by atoms with van der Waals surface area (Å²) in [7, 11) is 0. The minimum atomic E-state index is -0.767. The Morgan fingerprint density at radius 2 is 2.00 bits per heavy atom. The van der Waals surface area contributed by atoms with E-state index in [1.807, 2.05) is 40.7 Å². The molecule has 20 heavy (non-hydrogen) atoms. The van der Waals surface area contributed by atoms with E-state index >= 15 is 0 Å². The van der Waals surface area contributed by atoms with Crippen LogP contribution in [0.25, 0.3) is 0 Å². The smallest absolute Gasteiger partial charge is 0.248 e. The van der Waals surface area contributed by atoms with Crippen molar-refractivity contribution in [1.82, 2.24) is 10.2 Å². The average molecular weight is 280 g/mol. The van der Waals surface area contributed by atoms with Gasteiger partial charge in [-0.1, -0.05) is 38.8 Å². The summed E-state index contributed by atoms with van der Waals surface area (Å²) >= 11 is 0. The topological polar surface area (TPSA) is 49.4 Å². The summed E-state index contributed by atoms with van der Waals surface area (Å²) in [5.41, 5.74) is 0.390. The molecule has 1 N–H and O–H groups in total. The molecule has 0 radical (unpaired) electrons. The third kappa shape index (κ3) is 3.22. The van der Waals surface area contributed by atoms with Gasteiger partial charge in [-0.25, -0.2) is 0 Å². The van der Waals surface area contributed by atoms with Crippen molar-refractivity contribution in [2.75, 3.05) is 6.54 Å². The van der Waals surface area contributed by atoms with Crippen molar-refractivity contribution in [3.63, 3.8) is 0 Å². The van der Waals surface area contributed by atoms with Crippen LogP contribution >= 0.6 is 0 Å². The van der Waals surface area contributed by atoms with Crippen LogP contribution in [0, 0.1) is 5.92 Å². The van der Waals surface area contributed by atoms with Gasteiger partial charge in [0.25, 0.3) is 0 Å². The van der Waals surface area contributed by atoms with E-state index in [1.54, 1.807) is 4.90 Å². The number of amides is 2. The number of hydrogen-bond acceptors (Lipinski definition) is 2. The molecule has 0 aromatic heterocycles. The molecule has 0 spiro atoms. The monoisotopic (exact) mass is 280 g/mol. The van der Waals surface area contributed by atoms with Crippen molar-refractivity contribution < 1.29 is 9.59 Å². The molecular weight excluding hydrogens is 252 g/mol. The molecule has 1 rings (SSSR count). The zero-order valence-corrected chi connectivity index (χ0v) is 13.6. The van der Waals surface area contributed by atoms with E-state index in [1.165, 1.54) is 0 Å². The molecule has 0 aromatic rings. The van der Waals surface area contributed by atoms with Gasteiger partial charge in [0, 0.05) is 6.54 Å². The van der Waals surface area contributed by atoms with Gasteiger partial charge < -0.3 is 10.2 Å². The molecule has 4 nitrogen and oxygen atoms in total. The lowest BCUT2D eigenvalue weighted by Crippen LogP contribution is -2.70. The fourth-order valence-electron chi connectivity index (χ4n) is 2.49. The number of nitrogens with zero attached hydrogens (tertiary/aromatic N) is 1. The molecule has 114 valence electrons. The van der Waals surface area contributed by atoms with Crippen LogP contribution in [0.3, 0.4) is 0 Å². The predicted octanol–water partition coefficient (Wildman–Crippen LogP) is 2.49. The number of nitrogens with one attached hydrogen (secondary N) is 1. The maximum Gasteiger partial charge on any atom is 0.248 e. The first-order valence-electron chi connectivity index (χ1n) is 7.53. The van der Waals surface area contributed by atoms with Gasteiger partial charge in [-0.15, -0.1) is 0 Å². The molecule has 4 heteroatoms. The summed E-state index contributed by atoms with van der Waals surface area (Å²) in [6.07, 6.45) is 3.50. The predicted molar refractivity (Wildman–Crippen MR) is 81.2 cm³/mol.